The first-order valence-electron chi connectivity index (χ1n) is 6.51. The van der Waals surface area contributed by atoms with Gasteiger partial charge < -0.3 is 20.1 Å². The lowest BCUT2D eigenvalue weighted by molar-refractivity contribution is 0.0931. The van der Waals surface area contributed by atoms with Crippen LogP contribution < -0.4 is 10.5 Å². The van der Waals surface area contributed by atoms with Gasteiger partial charge in [0.15, 0.2) is 0 Å². The van der Waals surface area contributed by atoms with Crippen LogP contribution in [-0.2, 0) is 11.3 Å². The van der Waals surface area contributed by atoms with E-state index in [1.165, 1.54) is 0 Å². The zero-order valence-corrected chi connectivity index (χ0v) is 11.2. The Morgan fingerprint density at radius 3 is 2.79 bits per heavy atom. The number of carbonyl (C=O) groups is 1. The molecule has 5 nitrogen and oxygen atoms in total. The molecule has 1 aromatic rings. The topological polar surface area (TPSA) is 64.8 Å². The van der Waals surface area contributed by atoms with E-state index in [0.717, 1.165) is 30.7 Å². The van der Waals surface area contributed by atoms with E-state index in [-0.39, 0.29) is 18.7 Å². The van der Waals surface area contributed by atoms with Crippen LogP contribution in [0.4, 0.5) is 4.79 Å². The van der Waals surface area contributed by atoms with E-state index in [4.69, 9.17) is 15.2 Å². The minimum Gasteiger partial charge on any atom is -0.497 e. The number of nitrogens with two attached hydrogens (primary N) is 1. The quantitative estimate of drug-likeness (QED) is 0.900. The molecule has 0 aromatic heterocycles. The fourth-order valence-corrected chi connectivity index (χ4v) is 2.27. The Bertz CT molecular complexity index is 419. The molecular formula is C14H20N2O3. The molecule has 19 heavy (non-hydrogen) atoms. The van der Waals surface area contributed by atoms with Crippen LogP contribution in [0.2, 0.25) is 0 Å². The molecule has 1 fully saturated rings. The van der Waals surface area contributed by atoms with Crippen molar-refractivity contribution in [2.24, 2.45) is 5.73 Å². The molecule has 0 bridgehead atoms. The molecule has 104 valence electrons. The summed E-state index contributed by atoms with van der Waals surface area (Å²) < 4.78 is 10.4. The third-order valence-electron chi connectivity index (χ3n) is 3.41. The lowest BCUT2D eigenvalue weighted by atomic mass is 10.2. The van der Waals surface area contributed by atoms with Gasteiger partial charge in [0.05, 0.1) is 7.11 Å². The second-order valence-electron chi connectivity index (χ2n) is 4.63. The van der Waals surface area contributed by atoms with E-state index in [9.17, 15) is 4.79 Å². The highest BCUT2D eigenvalue weighted by Crippen LogP contribution is 2.18. The van der Waals surface area contributed by atoms with Crippen LogP contribution >= 0.6 is 0 Å². The zero-order chi connectivity index (χ0) is 13.7. The summed E-state index contributed by atoms with van der Waals surface area (Å²) in [5, 5.41) is 0. The highest BCUT2D eigenvalue weighted by molar-refractivity contribution is 5.68. The molecule has 0 unspecified atom stereocenters. The Kier molecular flexibility index (Phi) is 4.63. The van der Waals surface area contributed by atoms with Gasteiger partial charge in [0.2, 0.25) is 0 Å². The van der Waals surface area contributed by atoms with Gasteiger partial charge in [0, 0.05) is 19.1 Å². The van der Waals surface area contributed by atoms with Gasteiger partial charge in [-0.25, -0.2) is 4.79 Å². The van der Waals surface area contributed by atoms with Gasteiger partial charge in [-0.2, -0.15) is 0 Å². The van der Waals surface area contributed by atoms with Crippen LogP contribution in [0.1, 0.15) is 18.4 Å². The van der Waals surface area contributed by atoms with E-state index < -0.39 is 0 Å². The fourth-order valence-electron chi connectivity index (χ4n) is 2.27. The molecule has 1 heterocycles. The van der Waals surface area contributed by atoms with E-state index in [2.05, 4.69) is 0 Å². The maximum absolute atomic E-state index is 11.9. The Morgan fingerprint density at radius 1 is 1.42 bits per heavy atom. The predicted molar refractivity (Wildman–Crippen MR) is 72.0 cm³/mol. The lowest BCUT2D eigenvalue weighted by Gasteiger charge is -2.22. The monoisotopic (exact) mass is 264 g/mol. The molecule has 1 saturated heterocycles. The molecule has 2 N–H and O–H groups in total. The Labute approximate surface area is 113 Å². The van der Waals surface area contributed by atoms with Gasteiger partial charge in [-0.15, -0.1) is 0 Å². The molecule has 0 aliphatic carbocycles. The number of rotatable bonds is 4. The van der Waals surface area contributed by atoms with E-state index >= 15 is 0 Å². The summed E-state index contributed by atoms with van der Waals surface area (Å²) in [6.07, 6.45) is 1.69. The minimum absolute atomic E-state index is 0.128. The first-order valence-corrected chi connectivity index (χ1v) is 6.51. The number of likely N-dealkylation sites (tertiary alicyclic amines) is 1. The van der Waals surface area contributed by atoms with Gasteiger partial charge in [-0.3, -0.25) is 0 Å². The molecule has 5 heteroatoms. The number of benzene rings is 1. The molecular weight excluding hydrogens is 244 g/mol. The molecule has 1 amide bonds. The summed E-state index contributed by atoms with van der Waals surface area (Å²) in [4.78, 5) is 13.7. The van der Waals surface area contributed by atoms with Gasteiger partial charge >= 0.3 is 6.09 Å². The maximum Gasteiger partial charge on any atom is 0.410 e. The average molecular weight is 264 g/mol. The van der Waals surface area contributed by atoms with E-state index in [0.29, 0.717) is 6.54 Å². The van der Waals surface area contributed by atoms with Crippen LogP contribution in [0, 0.1) is 0 Å². The number of amides is 1. The second kappa shape index (κ2) is 6.43. The van der Waals surface area contributed by atoms with Crippen molar-refractivity contribution >= 4 is 6.09 Å². The van der Waals surface area contributed by atoms with Crippen molar-refractivity contribution in [2.45, 2.75) is 25.5 Å². The van der Waals surface area contributed by atoms with Crippen molar-refractivity contribution in [3.8, 4) is 5.75 Å². The van der Waals surface area contributed by atoms with Gasteiger partial charge in [-0.05, 0) is 30.5 Å². The van der Waals surface area contributed by atoms with Gasteiger partial charge in [0.1, 0.15) is 12.4 Å². The highest BCUT2D eigenvalue weighted by Gasteiger charge is 2.28. The largest absolute Gasteiger partial charge is 0.497 e. The second-order valence-corrected chi connectivity index (χ2v) is 4.63. The number of ether oxygens (including phenoxy) is 2. The molecule has 1 aromatic carbocycles. The van der Waals surface area contributed by atoms with Crippen molar-refractivity contribution in [3.05, 3.63) is 29.8 Å². The summed E-state index contributed by atoms with van der Waals surface area (Å²) >= 11 is 0. The van der Waals surface area contributed by atoms with Crippen LogP contribution in [0.5, 0.6) is 5.75 Å². The van der Waals surface area contributed by atoms with Crippen LogP contribution in [0.25, 0.3) is 0 Å². The van der Waals surface area contributed by atoms with E-state index in [1.807, 2.05) is 24.3 Å². The first kappa shape index (κ1) is 13.7. The summed E-state index contributed by atoms with van der Waals surface area (Å²) in [6.45, 7) is 1.51. The highest BCUT2D eigenvalue weighted by atomic mass is 16.6. The summed E-state index contributed by atoms with van der Waals surface area (Å²) in [7, 11) is 1.62. The predicted octanol–water partition coefficient (Wildman–Crippen LogP) is 1.75. The average Bonchev–Trinajstić information content (AvgIpc) is 2.93. The zero-order valence-electron chi connectivity index (χ0n) is 11.2. The molecule has 1 atom stereocenters. The third-order valence-corrected chi connectivity index (χ3v) is 3.41. The van der Waals surface area contributed by atoms with Gasteiger partial charge in [-0.1, -0.05) is 12.1 Å². The third kappa shape index (κ3) is 3.38. The standard InChI is InChI=1S/C14H20N2O3/c1-18-13-6-4-11(5-7-13)10-19-14(17)16-8-2-3-12(16)9-15/h4-7,12H,2-3,8-10,15H2,1H3/t12-/m1/s1. The lowest BCUT2D eigenvalue weighted by Crippen LogP contribution is -2.40. The molecule has 0 spiro atoms. The summed E-state index contributed by atoms with van der Waals surface area (Å²) in [5.74, 6) is 0.790. The smallest absolute Gasteiger partial charge is 0.410 e. The van der Waals surface area contributed by atoms with Crippen LogP contribution in [0.3, 0.4) is 0 Å². The van der Waals surface area contributed by atoms with Crippen molar-refractivity contribution in [3.63, 3.8) is 0 Å². The molecule has 2 rings (SSSR count). The van der Waals surface area contributed by atoms with Gasteiger partial charge in [0.25, 0.3) is 0 Å². The Balaban J connectivity index is 1.85. The number of carbonyl (C=O) groups excluding carboxylic acids is 1. The van der Waals surface area contributed by atoms with Crippen LogP contribution in [-0.4, -0.2) is 37.2 Å². The van der Waals surface area contributed by atoms with Crippen molar-refractivity contribution < 1.29 is 14.3 Å². The maximum atomic E-state index is 11.9. The number of hydrogen-bond donors (Lipinski definition) is 1. The molecule has 1 aliphatic rings. The number of nitrogens with zero attached hydrogens (tertiary/aromatic N) is 1. The number of methoxy groups -OCH3 is 1. The SMILES string of the molecule is COc1ccc(COC(=O)N2CCC[C@@H]2CN)cc1. The minimum atomic E-state index is -0.274. The fraction of sp³-hybridized carbons (Fsp3) is 0.500. The van der Waals surface area contributed by atoms with Crippen molar-refractivity contribution in [1.82, 2.24) is 4.90 Å². The van der Waals surface area contributed by atoms with Crippen LogP contribution in [0.15, 0.2) is 24.3 Å². The summed E-state index contributed by atoms with van der Waals surface area (Å²) in [6, 6.07) is 7.60. The molecule has 1 aliphatic heterocycles. The number of hydrogen-bond acceptors (Lipinski definition) is 4. The molecule has 0 radical (unpaired) electrons. The normalized spacial score (nSPS) is 18.4. The molecule has 0 saturated carbocycles. The first-order chi connectivity index (χ1) is 9.24. The van der Waals surface area contributed by atoms with Crippen molar-refractivity contribution in [2.75, 3.05) is 20.2 Å². The Morgan fingerprint density at radius 2 is 2.16 bits per heavy atom. The van der Waals surface area contributed by atoms with E-state index in [1.54, 1.807) is 12.0 Å². The Hall–Kier alpha value is -1.75. The van der Waals surface area contributed by atoms with Crippen molar-refractivity contribution in [1.29, 1.82) is 0 Å². The summed E-state index contributed by atoms with van der Waals surface area (Å²) in [5.41, 5.74) is 6.58.